The fraction of sp³-hybridized carbons (Fsp3) is 0.231. The second kappa shape index (κ2) is 6.88. The smallest absolute Gasteiger partial charge is 0.278 e. The van der Waals surface area contributed by atoms with Gasteiger partial charge in [0, 0.05) is 4.47 Å². The van der Waals surface area contributed by atoms with E-state index < -0.39 is 11.5 Å². The van der Waals surface area contributed by atoms with E-state index >= 15 is 0 Å². The highest BCUT2D eigenvalue weighted by Gasteiger charge is 2.19. The number of aliphatic hydroxyl groups is 1. The van der Waals surface area contributed by atoms with E-state index in [0.717, 1.165) is 9.35 Å². The summed E-state index contributed by atoms with van der Waals surface area (Å²) in [5.41, 5.74) is -0.0138. The third kappa shape index (κ3) is 3.52. The maximum atomic E-state index is 11.0. The lowest BCUT2D eigenvalue weighted by molar-refractivity contribution is -0.386. The lowest BCUT2D eigenvalue weighted by atomic mass is 10.1. The molecule has 0 bridgehead atoms. The summed E-state index contributed by atoms with van der Waals surface area (Å²) in [6, 6.07) is 4.58. The van der Waals surface area contributed by atoms with E-state index in [0.29, 0.717) is 5.75 Å². The highest BCUT2D eigenvalue weighted by Crippen LogP contribution is 2.36. The van der Waals surface area contributed by atoms with E-state index in [1.165, 1.54) is 30.6 Å². The van der Waals surface area contributed by atoms with Crippen LogP contribution >= 0.6 is 27.3 Å². The number of nitro benzene ring substituents is 1. The molecular formula is C13H12BrNO5S. The van der Waals surface area contributed by atoms with Crippen LogP contribution in [0.1, 0.15) is 10.4 Å². The fourth-order valence-electron chi connectivity index (χ4n) is 1.73. The third-order valence-electron chi connectivity index (χ3n) is 2.78. The standard InChI is InChI=1S/C13H12BrNO5S/c1-19-11-4-8(6-16)10(15(17)18)5-12(11)20-7-13-9(14)2-3-21-13/h2-5,16H,6-7H2,1H3. The lowest BCUT2D eigenvalue weighted by Gasteiger charge is -2.12. The number of rotatable bonds is 6. The zero-order valence-electron chi connectivity index (χ0n) is 11.0. The highest BCUT2D eigenvalue weighted by atomic mass is 79.9. The van der Waals surface area contributed by atoms with E-state index in [-0.39, 0.29) is 23.6 Å². The molecule has 0 saturated carbocycles. The molecule has 0 aliphatic heterocycles. The normalized spacial score (nSPS) is 10.4. The van der Waals surface area contributed by atoms with Crippen molar-refractivity contribution in [1.82, 2.24) is 0 Å². The van der Waals surface area contributed by atoms with Crippen LogP contribution in [0.5, 0.6) is 11.5 Å². The Morgan fingerprint density at radius 2 is 2.19 bits per heavy atom. The molecule has 0 fully saturated rings. The van der Waals surface area contributed by atoms with Gasteiger partial charge in [-0.15, -0.1) is 11.3 Å². The predicted molar refractivity (Wildman–Crippen MR) is 81.9 cm³/mol. The second-order valence-electron chi connectivity index (χ2n) is 4.03. The average molecular weight is 374 g/mol. The summed E-state index contributed by atoms with van der Waals surface area (Å²) in [5.74, 6) is 0.610. The maximum absolute atomic E-state index is 11.0. The van der Waals surface area contributed by atoms with Crippen LogP contribution in [-0.4, -0.2) is 17.1 Å². The Kier molecular flexibility index (Phi) is 5.16. The number of ether oxygens (including phenoxy) is 2. The van der Waals surface area contributed by atoms with Crippen LogP contribution in [0, 0.1) is 10.1 Å². The quantitative estimate of drug-likeness (QED) is 0.618. The van der Waals surface area contributed by atoms with Gasteiger partial charge in [0.2, 0.25) is 0 Å². The SMILES string of the molecule is COc1cc(CO)c([N+](=O)[O-])cc1OCc1sccc1Br. The summed E-state index contributed by atoms with van der Waals surface area (Å²) in [5, 5.41) is 22.1. The summed E-state index contributed by atoms with van der Waals surface area (Å²) in [6.45, 7) is -0.173. The number of methoxy groups -OCH3 is 1. The second-order valence-corrected chi connectivity index (χ2v) is 5.88. The van der Waals surface area contributed by atoms with Gasteiger partial charge in [-0.3, -0.25) is 10.1 Å². The monoisotopic (exact) mass is 373 g/mol. The first-order valence-corrected chi connectivity index (χ1v) is 7.55. The maximum Gasteiger partial charge on any atom is 0.278 e. The Morgan fingerprint density at radius 3 is 2.71 bits per heavy atom. The van der Waals surface area contributed by atoms with Gasteiger partial charge in [0.1, 0.15) is 6.61 Å². The van der Waals surface area contributed by atoms with Crippen LogP contribution in [-0.2, 0) is 13.2 Å². The molecule has 1 aromatic carbocycles. The van der Waals surface area contributed by atoms with Gasteiger partial charge in [-0.2, -0.15) is 0 Å². The van der Waals surface area contributed by atoms with Gasteiger partial charge in [-0.25, -0.2) is 0 Å². The van der Waals surface area contributed by atoms with Gasteiger partial charge in [-0.1, -0.05) is 0 Å². The van der Waals surface area contributed by atoms with Gasteiger partial charge in [-0.05, 0) is 33.4 Å². The van der Waals surface area contributed by atoms with Crippen molar-refractivity contribution in [1.29, 1.82) is 0 Å². The van der Waals surface area contributed by atoms with Gasteiger partial charge >= 0.3 is 0 Å². The number of nitro groups is 1. The largest absolute Gasteiger partial charge is 0.493 e. The third-order valence-corrected chi connectivity index (χ3v) is 4.68. The molecule has 0 saturated heterocycles. The molecular weight excluding hydrogens is 362 g/mol. The summed E-state index contributed by atoms with van der Waals surface area (Å²) >= 11 is 4.91. The zero-order valence-corrected chi connectivity index (χ0v) is 13.4. The van der Waals surface area contributed by atoms with Crippen molar-refractivity contribution in [3.8, 4) is 11.5 Å². The van der Waals surface area contributed by atoms with Crippen molar-refractivity contribution >= 4 is 33.0 Å². The number of nitrogens with zero attached hydrogens (tertiary/aromatic N) is 1. The molecule has 1 aromatic heterocycles. The minimum Gasteiger partial charge on any atom is -0.493 e. The molecule has 0 unspecified atom stereocenters. The summed E-state index contributed by atoms with van der Waals surface area (Å²) in [6.07, 6.45) is 0. The minimum atomic E-state index is -0.557. The molecule has 2 aromatic rings. The number of hydrogen-bond donors (Lipinski definition) is 1. The Labute approximate surface area is 133 Å². The molecule has 0 radical (unpaired) electrons. The highest BCUT2D eigenvalue weighted by molar-refractivity contribution is 9.10. The fourth-order valence-corrected chi connectivity index (χ4v) is 3.11. The van der Waals surface area contributed by atoms with Crippen LogP contribution in [0.15, 0.2) is 28.1 Å². The summed E-state index contributed by atoms with van der Waals surface area (Å²) < 4.78 is 11.7. The molecule has 0 aliphatic rings. The van der Waals surface area contributed by atoms with Crippen LogP contribution in [0.4, 0.5) is 5.69 Å². The van der Waals surface area contributed by atoms with Crippen LogP contribution < -0.4 is 9.47 Å². The summed E-state index contributed by atoms with van der Waals surface area (Å²) in [7, 11) is 1.44. The Hall–Kier alpha value is -1.64. The zero-order chi connectivity index (χ0) is 15.4. The topological polar surface area (TPSA) is 81.8 Å². The molecule has 112 valence electrons. The first-order valence-electron chi connectivity index (χ1n) is 5.87. The van der Waals surface area contributed by atoms with Crippen molar-refractivity contribution in [3.05, 3.63) is 48.6 Å². The number of halogens is 1. The van der Waals surface area contributed by atoms with Crippen LogP contribution in [0.25, 0.3) is 0 Å². The van der Waals surface area contributed by atoms with Crippen LogP contribution in [0.2, 0.25) is 0 Å². The molecule has 21 heavy (non-hydrogen) atoms. The molecule has 6 nitrogen and oxygen atoms in total. The molecule has 1 heterocycles. The minimum absolute atomic E-state index is 0.182. The molecule has 0 spiro atoms. The van der Waals surface area contributed by atoms with Gasteiger partial charge < -0.3 is 14.6 Å². The Balaban J connectivity index is 2.31. The predicted octanol–water partition coefficient (Wildman–Crippen LogP) is 3.50. The van der Waals surface area contributed by atoms with E-state index in [2.05, 4.69) is 15.9 Å². The van der Waals surface area contributed by atoms with Crippen molar-refractivity contribution in [2.45, 2.75) is 13.2 Å². The number of benzene rings is 1. The van der Waals surface area contributed by atoms with Crippen molar-refractivity contribution < 1.29 is 19.5 Å². The van der Waals surface area contributed by atoms with E-state index in [9.17, 15) is 15.2 Å². The average Bonchev–Trinajstić information content (AvgIpc) is 2.89. The van der Waals surface area contributed by atoms with E-state index in [4.69, 9.17) is 9.47 Å². The molecule has 2 rings (SSSR count). The molecule has 0 aliphatic carbocycles. The van der Waals surface area contributed by atoms with Crippen LogP contribution in [0.3, 0.4) is 0 Å². The Morgan fingerprint density at radius 1 is 1.43 bits per heavy atom. The summed E-state index contributed by atoms with van der Waals surface area (Å²) in [4.78, 5) is 11.4. The first-order chi connectivity index (χ1) is 10.1. The number of hydrogen-bond acceptors (Lipinski definition) is 6. The molecule has 0 atom stereocenters. The molecule has 1 N–H and O–H groups in total. The van der Waals surface area contributed by atoms with E-state index in [1.54, 1.807) is 0 Å². The van der Waals surface area contributed by atoms with Crippen molar-refractivity contribution in [3.63, 3.8) is 0 Å². The molecule has 8 heteroatoms. The first kappa shape index (κ1) is 15.7. The van der Waals surface area contributed by atoms with Gasteiger partial charge in [0.25, 0.3) is 5.69 Å². The van der Waals surface area contributed by atoms with Crippen molar-refractivity contribution in [2.24, 2.45) is 0 Å². The van der Waals surface area contributed by atoms with Gasteiger partial charge in [0.05, 0.1) is 35.1 Å². The lowest BCUT2D eigenvalue weighted by Crippen LogP contribution is -2.01. The van der Waals surface area contributed by atoms with Gasteiger partial charge in [0.15, 0.2) is 11.5 Å². The number of aliphatic hydroxyl groups excluding tert-OH is 1. The Bertz CT molecular complexity index is 658. The molecule has 0 amide bonds. The number of thiophene rings is 1. The van der Waals surface area contributed by atoms with E-state index in [1.807, 2.05) is 11.4 Å². The van der Waals surface area contributed by atoms with Crippen molar-refractivity contribution in [2.75, 3.05) is 7.11 Å².